The summed E-state index contributed by atoms with van der Waals surface area (Å²) in [7, 11) is 3.27. The lowest BCUT2D eigenvalue weighted by atomic mass is 9.96. The number of methoxy groups -OCH3 is 2. The second-order valence-electron chi connectivity index (χ2n) is 8.91. The normalized spacial score (nSPS) is 28.2. The molecule has 0 N–H and O–H groups in total. The third kappa shape index (κ3) is 4.45. The van der Waals surface area contributed by atoms with Gasteiger partial charge in [-0.3, -0.25) is 4.79 Å². The number of carbonyl (C=O) groups is 1. The van der Waals surface area contributed by atoms with Gasteiger partial charge in [-0.2, -0.15) is 0 Å². The fourth-order valence-electron chi connectivity index (χ4n) is 5.17. The minimum Gasteiger partial charge on any atom is -0.497 e. The van der Waals surface area contributed by atoms with Gasteiger partial charge in [-0.25, -0.2) is 0 Å². The summed E-state index contributed by atoms with van der Waals surface area (Å²) < 4.78 is 23.3. The zero-order valence-electron chi connectivity index (χ0n) is 18.6. The maximum Gasteiger partial charge on any atom is 0.231 e. The van der Waals surface area contributed by atoms with Crippen LogP contribution in [0.3, 0.4) is 0 Å². The molecule has 3 aliphatic heterocycles. The van der Waals surface area contributed by atoms with Gasteiger partial charge >= 0.3 is 0 Å². The van der Waals surface area contributed by atoms with E-state index in [4.69, 9.17) is 18.9 Å². The molecule has 2 saturated heterocycles. The summed E-state index contributed by atoms with van der Waals surface area (Å²) in [5, 5.41) is 0. The van der Waals surface area contributed by atoms with Crippen LogP contribution in [-0.4, -0.2) is 44.7 Å². The van der Waals surface area contributed by atoms with Crippen molar-refractivity contribution in [2.75, 3.05) is 25.7 Å². The number of benzene rings is 1. The van der Waals surface area contributed by atoms with E-state index in [-0.39, 0.29) is 11.7 Å². The van der Waals surface area contributed by atoms with Crippen molar-refractivity contribution >= 4 is 11.6 Å². The molecule has 1 aromatic rings. The molecule has 6 heteroatoms. The average Bonchev–Trinajstić information content (AvgIpc) is 3.26. The van der Waals surface area contributed by atoms with E-state index in [1.165, 1.54) is 6.42 Å². The monoisotopic (exact) mass is 417 g/mol. The van der Waals surface area contributed by atoms with E-state index >= 15 is 0 Å². The van der Waals surface area contributed by atoms with Gasteiger partial charge in [-0.15, -0.1) is 0 Å². The highest BCUT2D eigenvalue weighted by atomic mass is 16.7. The van der Waals surface area contributed by atoms with Crippen LogP contribution >= 0.6 is 0 Å². The van der Waals surface area contributed by atoms with Crippen LogP contribution in [0.25, 0.3) is 0 Å². The molecule has 166 valence electrons. The van der Waals surface area contributed by atoms with Gasteiger partial charge in [0.15, 0.2) is 5.79 Å². The van der Waals surface area contributed by atoms with Crippen molar-refractivity contribution in [3.63, 3.8) is 0 Å². The smallest absolute Gasteiger partial charge is 0.231 e. The van der Waals surface area contributed by atoms with Crippen LogP contribution < -0.4 is 14.4 Å². The summed E-state index contributed by atoms with van der Waals surface area (Å²) >= 11 is 0. The first-order valence-electron chi connectivity index (χ1n) is 11.4. The molecule has 30 heavy (non-hydrogen) atoms. The van der Waals surface area contributed by atoms with E-state index in [9.17, 15) is 4.79 Å². The summed E-state index contributed by atoms with van der Waals surface area (Å²) in [6, 6.07) is 3.79. The summed E-state index contributed by atoms with van der Waals surface area (Å²) in [5.41, 5.74) is 1.90. The molecule has 0 radical (unpaired) electrons. The zero-order chi connectivity index (χ0) is 21.1. The summed E-state index contributed by atoms with van der Waals surface area (Å²) in [6.45, 7) is 2.88. The van der Waals surface area contributed by atoms with Gasteiger partial charge in [-0.1, -0.05) is 12.8 Å². The van der Waals surface area contributed by atoms with Crippen molar-refractivity contribution in [3.8, 4) is 11.5 Å². The van der Waals surface area contributed by atoms with Crippen LogP contribution in [0.5, 0.6) is 11.5 Å². The molecule has 0 unspecified atom stereocenters. The first-order valence-corrected chi connectivity index (χ1v) is 11.4. The summed E-state index contributed by atoms with van der Waals surface area (Å²) in [4.78, 5) is 14.5. The fourth-order valence-corrected chi connectivity index (χ4v) is 5.17. The molecule has 6 nitrogen and oxygen atoms in total. The van der Waals surface area contributed by atoms with Gasteiger partial charge in [-0.05, 0) is 39.0 Å². The number of carbonyl (C=O) groups excluding carboxylic acids is 1. The third-order valence-electron chi connectivity index (χ3n) is 6.76. The minimum absolute atomic E-state index is 0.140. The average molecular weight is 418 g/mol. The largest absolute Gasteiger partial charge is 0.497 e. The quantitative estimate of drug-likeness (QED) is 0.578. The van der Waals surface area contributed by atoms with Crippen molar-refractivity contribution in [2.45, 2.75) is 89.1 Å². The summed E-state index contributed by atoms with van der Waals surface area (Å²) in [6.07, 6.45) is 10.8. The number of amides is 1. The predicted octanol–water partition coefficient (Wildman–Crippen LogP) is 4.62. The van der Waals surface area contributed by atoms with Gasteiger partial charge in [0.1, 0.15) is 11.5 Å². The number of hydrogen-bond donors (Lipinski definition) is 0. The number of fused-ring (bicyclic) bond motifs is 1. The SMILES string of the molecule is COc1cc(OC)c2c(c1)N(CCCCC[C@H]1CCC[C@]3(CC[C@H](C)O3)O1)C(=O)C2. The molecule has 0 aromatic heterocycles. The van der Waals surface area contributed by atoms with Gasteiger partial charge in [0.05, 0.1) is 38.5 Å². The van der Waals surface area contributed by atoms with Crippen molar-refractivity contribution in [1.29, 1.82) is 0 Å². The number of ether oxygens (including phenoxy) is 4. The Hall–Kier alpha value is -1.79. The first kappa shape index (κ1) is 21.4. The lowest BCUT2D eigenvalue weighted by Gasteiger charge is -2.38. The van der Waals surface area contributed by atoms with E-state index in [1.54, 1.807) is 14.2 Å². The fraction of sp³-hybridized carbons (Fsp3) is 0.708. The highest BCUT2D eigenvalue weighted by Crippen LogP contribution is 2.42. The van der Waals surface area contributed by atoms with Crippen LogP contribution in [0.4, 0.5) is 5.69 Å². The molecule has 4 rings (SSSR count). The van der Waals surface area contributed by atoms with Gasteiger partial charge < -0.3 is 23.8 Å². The zero-order valence-corrected chi connectivity index (χ0v) is 18.6. The molecule has 1 aromatic carbocycles. The Labute approximate surface area is 179 Å². The van der Waals surface area contributed by atoms with Crippen molar-refractivity contribution < 1.29 is 23.7 Å². The number of anilines is 1. The topological polar surface area (TPSA) is 57.2 Å². The second kappa shape index (κ2) is 9.15. The molecule has 3 heterocycles. The molecule has 0 saturated carbocycles. The van der Waals surface area contributed by atoms with Crippen LogP contribution in [0.15, 0.2) is 12.1 Å². The molecule has 0 bridgehead atoms. The van der Waals surface area contributed by atoms with Gasteiger partial charge in [0.25, 0.3) is 0 Å². The van der Waals surface area contributed by atoms with Gasteiger partial charge in [0, 0.05) is 37.1 Å². The van der Waals surface area contributed by atoms with Crippen LogP contribution in [0.2, 0.25) is 0 Å². The first-order chi connectivity index (χ1) is 14.5. The second-order valence-corrected chi connectivity index (χ2v) is 8.91. The lowest BCUT2D eigenvalue weighted by molar-refractivity contribution is -0.269. The molecule has 1 spiro atoms. The van der Waals surface area contributed by atoms with Crippen molar-refractivity contribution in [3.05, 3.63) is 17.7 Å². The standard InChI is InChI=1S/C24H35NO5/c1-17-10-12-24(29-17)11-7-9-18(30-24)8-5-4-6-13-25-21-14-19(27-2)15-22(28-3)20(21)16-23(25)26/h14-15,17-18H,4-13,16H2,1-3H3/t17-,18-,24+/m0/s1. The van der Waals surface area contributed by atoms with Crippen molar-refractivity contribution in [2.24, 2.45) is 0 Å². The van der Waals surface area contributed by atoms with Crippen molar-refractivity contribution in [1.82, 2.24) is 0 Å². The lowest BCUT2D eigenvalue weighted by Crippen LogP contribution is -2.40. The molecular weight excluding hydrogens is 382 g/mol. The Balaban J connectivity index is 1.25. The van der Waals surface area contributed by atoms with E-state index < -0.39 is 0 Å². The third-order valence-corrected chi connectivity index (χ3v) is 6.76. The number of hydrogen-bond acceptors (Lipinski definition) is 5. The molecule has 2 fully saturated rings. The Bertz CT molecular complexity index is 762. The highest BCUT2D eigenvalue weighted by Gasteiger charge is 2.43. The number of rotatable bonds is 8. The maximum atomic E-state index is 12.6. The Morgan fingerprint density at radius 2 is 1.97 bits per heavy atom. The highest BCUT2D eigenvalue weighted by molar-refractivity contribution is 6.02. The Kier molecular flexibility index (Phi) is 6.54. The molecule has 1 amide bonds. The van der Waals surface area contributed by atoms with E-state index in [0.29, 0.717) is 18.6 Å². The Morgan fingerprint density at radius 3 is 2.70 bits per heavy atom. The van der Waals surface area contributed by atoms with Crippen LogP contribution in [0.1, 0.15) is 70.3 Å². The number of unbranched alkanes of at least 4 members (excludes halogenated alkanes) is 2. The molecule has 3 aliphatic rings. The number of nitrogens with zero attached hydrogens (tertiary/aromatic N) is 1. The predicted molar refractivity (Wildman–Crippen MR) is 115 cm³/mol. The van der Waals surface area contributed by atoms with E-state index in [0.717, 1.165) is 80.7 Å². The molecular formula is C24H35NO5. The van der Waals surface area contributed by atoms with Gasteiger partial charge in [0.2, 0.25) is 5.91 Å². The molecule has 3 atom stereocenters. The Morgan fingerprint density at radius 1 is 1.10 bits per heavy atom. The maximum absolute atomic E-state index is 12.6. The van der Waals surface area contributed by atoms with Crippen LogP contribution in [-0.2, 0) is 20.7 Å². The van der Waals surface area contributed by atoms with Crippen LogP contribution in [0, 0.1) is 0 Å². The van der Waals surface area contributed by atoms with E-state index in [2.05, 4.69) is 6.92 Å². The minimum atomic E-state index is -0.299. The molecule has 0 aliphatic carbocycles. The summed E-state index contributed by atoms with van der Waals surface area (Å²) in [5.74, 6) is 1.29. The van der Waals surface area contributed by atoms with E-state index in [1.807, 2.05) is 17.0 Å².